The van der Waals surface area contributed by atoms with E-state index in [0.717, 1.165) is 161 Å². The van der Waals surface area contributed by atoms with Crippen molar-refractivity contribution in [3.05, 3.63) is 109 Å². The van der Waals surface area contributed by atoms with Crippen molar-refractivity contribution in [1.82, 2.24) is 0 Å². The van der Waals surface area contributed by atoms with Crippen LogP contribution in [-0.2, 0) is 55.8 Å². The average molecular weight is 1320 g/mol. The number of phosphoric acid groups is 2. The maximum Gasteiger partial charge on any atom is 0.472 e. The topological polar surface area (TPSA) is 231 Å². The van der Waals surface area contributed by atoms with Crippen molar-refractivity contribution >= 4 is 33.6 Å². The van der Waals surface area contributed by atoms with E-state index in [1.54, 1.807) is 0 Å². The Labute approximate surface area is 551 Å². The van der Waals surface area contributed by atoms with E-state index >= 15 is 0 Å². The molecule has 5 atom stereocenters. The standard InChI is InChI=1S/C73H126O16P2/c1-4-7-10-13-16-19-22-25-26-27-28-29-30-31-32-33-34-35-36-37-38-39-40-43-45-47-50-53-56-59-71(76)83-62-68(74)63-85-90(79,80)86-64-69(75)65-87-91(81,82)88-67-70(89-73(78)61-58-55-52-49-46-42-24-21-18-15-12-9-6-3)66-84-72(77)60-57-54-51-48-44-41-23-20-17-14-11-8-5-2/h7,10-11,14,16,19-21,23-26,28-29,31-32,34-35,68-70,74-75H,4-6,8-9,12-13,15,17-18,22,27,30,33,36-67H2,1-3H3,(H,79,80)(H,81,82)/b10-7-,14-11-,19-16-,23-20-,24-21-,26-25-,29-28-,32-31-,35-34-. The van der Waals surface area contributed by atoms with Gasteiger partial charge >= 0.3 is 33.6 Å². The maximum atomic E-state index is 12.9. The first kappa shape index (κ1) is 87.2. The average Bonchev–Trinajstić information content (AvgIpc) is 3.56. The van der Waals surface area contributed by atoms with Crippen LogP contribution in [0.15, 0.2) is 109 Å². The molecule has 0 aromatic carbocycles. The molecular formula is C73H126O16P2. The van der Waals surface area contributed by atoms with Crippen molar-refractivity contribution in [2.24, 2.45) is 0 Å². The summed E-state index contributed by atoms with van der Waals surface area (Å²) in [5.74, 6) is -1.60. The van der Waals surface area contributed by atoms with Crippen molar-refractivity contribution in [1.29, 1.82) is 0 Å². The Bertz CT molecular complexity index is 2100. The van der Waals surface area contributed by atoms with Crippen LogP contribution in [0.5, 0.6) is 0 Å². The predicted octanol–water partition coefficient (Wildman–Crippen LogP) is 19.6. The zero-order chi connectivity index (χ0) is 66.7. The molecule has 0 heterocycles. The number of phosphoric ester groups is 2. The highest BCUT2D eigenvalue weighted by molar-refractivity contribution is 7.47. The van der Waals surface area contributed by atoms with E-state index in [1.807, 2.05) is 0 Å². The fourth-order valence-electron chi connectivity index (χ4n) is 9.08. The second kappa shape index (κ2) is 66.2. The van der Waals surface area contributed by atoms with Crippen LogP contribution < -0.4 is 0 Å². The number of aliphatic hydroxyl groups is 2. The number of unbranched alkanes of at least 4 members (excludes halogenated alkanes) is 25. The van der Waals surface area contributed by atoms with Gasteiger partial charge < -0.3 is 34.2 Å². The molecule has 16 nitrogen and oxygen atoms in total. The van der Waals surface area contributed by atoms with Crippen LogP contribution in [0, 0.1) is 0 Å². The second-order valence-corrected chi connectivity index (χ2v) is 26.2. The molecule has 0 aromatic heterocycles. The minimum absolute atomic E-state index is 0.0913. The first-order chi connectivity index (χ1) is 44.2. The van der Waals surface area contributed by atoms with Crippen LogP contribution in [0.25, 0.3) is 0 Å². The molecule has 91 heavy (non-hydrogen) atoms. The number of allylic oxidation sites excluding steroid dienone is 18. The number of hydrogen-bond acceptors (Lipinski definition) is 14. The van der Waals surface area contributed by atoms with Crippen LogP contribution >= 0.6 is 15.6 Å². The van der Waals surface area contributed by atoms with Gasteiger partial charge in [-0.25, -0.2) is 9.13 Å². The summed E-state index contributed by atoms with van der Waals surface area (Å²) in [6.45, 7) is 2.44. The largest absolute Gasteiger partial charge is 0.472 e. The normalized spacial score (nSPS) is 14.8. The Morgan fingerprint density at radius 1 is 0.319 bits per heavy atom. The number of esters is 3. The Hall–Kier alpha value is -3.79. The molecule has 0 saturated carbocycles. The number of carbonyl (C=O) groups excluding carboxylic acids is 3. The van der Waals surface area contributed by atoms with Gasteiger partial charge in [0.15, 0.2) is 6.10 Å². The predicted molar refractivity (Wildman–Crippen MR) is 371 cm³/mol. The lowest BCUT2D eigenvalue weighted by atomic mass is 10.1. The summed E-state index contributed by atoms with van der Waals surface area (Å²) in [4.78, 5) is 58.3. The van der Waals surface area contributed by atoms with Gasteiger partial charge in [0.05, 0.1) is 26.4 Å². The maximum absolute atomic E-state index is 12.9. The smallest absolute Gasteiger partial charge is 0.463 e. The highest BCUT2D eigenvalue weighted by atomic mass is 31.2. The molecule has 0 aliphatic carbocycles. The summed E-state index contributed by atoms with van der Waals surface area (Å²) in [6, 6.07) is 0. The molecule has 524 valence electrons. The van der Waals surface area contributed by atoms with Gasteiger partial charge in [-0.1, -0.05) is 246 Å². The lowest BCUT2D eigenvalue weighted by Gasteiger charge is -2.21. The molecule has 0 fully saturated rings. The monoisotopic (exact) mass is 1320 g/mol. The van der Waals surface area contributed by atoms with Crippen molar-refractivity contribution in [2.45, 2.75) is 296 Å². The van der Waals surface area contributed by atoms with Gasteiger partial charge in [-0.05, 0) is 122 Å². The molecule has 4 N–H and O–H groups in total. The zero-order valence-corrected chi connectivity index (χ0v) is 58.5. The van der Waals surface area contributed by atoms with E-state index in [0.29, 0.717) is 19.3 Å². The molecule has 0 aromatic rings. The Morgan fingerprint density at radius 3 is 0.978 bits per heavy atom. The molecule has 0 aliphatic rings. The number of hydrogen-bond donors (Lipinski definition) is 4. The minimum atomic E-state index is -4.92. The van der Waals surface area contributed by atoms with E-state index in [2.05, 4.69) is 130 Å². The van der Waals surface area contributed by atoms with Crippen LogP contribution in [0.1, 0.15) is 278 Å². The summed E-state index contributed by atoms with van der Waals surface area (Å²) < 4.78 is 60.8. The van der Waals surface area contributed by atoms with E-state index in [4.69, 9.17) is 32.3 Å². The minimum Gasteiger partial charge on any atom is -0.463 e. The van der Waals surface area contributed by atoms with Crippen molar-refractivity contribution < 1.29 is 75.8 Å². The van der Waals surface area contributed by atoms with Gasteiger partial charge in [0, 0.05) is 19.3 Å². The third-order valence-electron chi connectivity index (χ3n) is 14.4. The fraction of sp³-hybridized carbons (Fsp3) is 0.712. The number of rotatable bonds is 66. The highest BCUT2D eigenvalue weighted by Gasteiger charge is 2.29. The molecule has 0 bridgehead atoms. The van der Waals surface area contributed by atoms with Gasteiger partial charge in [0.2, 0.25) is 0 Å². The second-order valence-electron chi connectivity index (χ2n) is 23.3. The SMILES string of the molecule is CC/C=C\C/C=C\C/C=C\C/C=C\C/C=C\C/C=C\CCCCCCCCCCCCC(=O)OCC(O)COP(=O)(O)OCC(O)COP(=O)(O)OCC(COC(=O)CCCCCCC/C=C\C/C=C\CCC)OC(=O)CCCCCCC/C=C\CCCCCC. The fourth-order valence-corrected chi connectivity index (χ4v) is 10.7. The Morgan fingerprint density at radius 2 is 0.604 bits per heavy atom. The van der Waals surface area contributed by atoms with Crippen LogP contribution in [0.4, 0.5) is 0 Å². The lowest BCUT2D eigenvalue weighted by molar-refractivity contribution is -0.161. The number of aliphatic hydroxyl groups excluding tert-OH is 2. The molecule has 5 unspecified atom stereocenters. The van der Waals surface area contributed by atoms with Crippen LogP contribution in [0.2, 0.25) is 0 Å². The first-order valence-corrected chi connectivity index (χ1v) is 38.2. The van der Waals surface area contributed by atoms with Crippen LogP contribution in [0.3, 0.4) is 0 Å². The summed E-state index contributed by atoms with van der Waals surface area (Å²) in [5, 5.41) is 20.5. The van der Waals surface area contributed by atoms with Gasteiger partial charge in [-0.2, -0.15) is 0 Å². The Balaban J connectivity index is 4.45. The zero-order valence-electron chi connectivity index (χ0n) is 56.7. The van der Waals surface area contributed by atoms with E-state index in [9.17, 15) is 43.5 Å². The van der Waals surface area contributed by atoms with Gasteiger partial charge in [-0.3, -0.25) is 32.5 Å². The van der Waals surface area contributed by atoms with Gasteiger partial charge in [-0.15, -0.1) is 0 Å². The van der Waals surface area contributed by atoms with Crippen molar-refractivity contribution in [3.8, 4) is 0 Å². The third kappa shape index (κ3) is 67.4. The highest BCUT2D eigenvalue weighted by Crippen LogP contribution is 2.45. The summed E-state index contributed by atoms with van der Waals surface area (Å²) in [5.41, 5.74) is 0. The van der Waals surface area contributed by atoms with Crippen molar-refractivity contribution in [2.75, 3.05) is 39.6 Å². The summed E-state index contributed by atoms with van der Waals surface area (Å²) >= 11 is 0. The summed E-state index contributed by atoms with van der Waals surface area (Å²) in [6.07, 6.45) is 74.4. The quantitative estimate of drug-likeness (QED) is 0.0146. The van der Waals surface area contributed by atoms with E-state index in [-0.39, 0.29) is 19.3 Å². The van der Waals surface area contributed by atoms with E-state index < -0.39 is 91.5 Å². The molecule has 0 spiro atoms. The number of carbonyl (C=O) groups is 3. The molecule has 18 heteroatoms. The van der Waals surface area contributed by atoms with Gasteiger partial charge in [0.25, 0.3) is 0 Å². The van der Waals surface area contributed by atoms with Crippen LogP contribution in [-0.4, -0.2) is 95.9 Å². The van der Waals surface area contributed by atoms with Crippen molar-refractivity contribution in [3.63, 3.8) is 0 Å². The molecule has 0 rings (SSSR count). The van der Waals surface area contributed by atoms with Gasteiger partial charge in [0.1, 0.15) is 25.4 Å². The summed E-state index contributed by atoms with van der Waals surface area (Å²) in [7, 11) is -9.78. The number of ether oxygens (including phenoxy) is 3. The first-order valence-electron chi connectivity index (χ1n) is 35.2. The molecule has 0 aliphatic heterocycles. The third-order valence-corrected chi connectivity index (χ3v) is 16.3. The molecule has 0 amide bonds. The molecule has 0 saturated heterocycles. The Kier molecular flexibility index (Phi) is 63.5. The van der Waals surface area contributed by atoms with E-state index in [1.165, 1.54) is 57.8 Å². The molecule has 0 radical (unpaired) electrons. The molecular weight excluding hydrogens is 1190 g/mol. The lowest BCUT2D eigenvalue weighted by Crippen LogP contribution is -2.30.